The molecule has 0 aromatic heterocycles. The molecule has 0 saturated carbocycles. The zero-order valence-electron chi connectivity index (χ0n) is 17.3. The number of halogens is 5. The summed E-state index contributed by atoms with van der Waals surface area (Å²) in [7, 11) is 0. The molecule has 1 aliphatic rings. The maximum atomic E-state index is 13.7. The van der Waals surface area contributed by atoms with Crippen LogP contribution >= 0.6 is 11.8 Å². The van der Waals surface area contributed by atoms with Crippen LogP contribution in [-0.4, -0.2) is 60.0 Å². The van der Waals surface area contributed by atoms with Gasteiger partial charge in [-0.25, -0.2) is 13.6 Å². The molecule has 0 unspecified atom stereocenters. The van der Waals surface area contributed by atoms with Crippen molar-refractivity contribution in [2.75, 3.05) is 43.4 Å². The molecule has 0 bridgehead atoms. The smallest absolute Gasteiger partial charge is 0.323 e. The van der Waals surface area contributed by atoms with Crippen molar-refractivity contribution in [2.24, 2.45) is 0 Å². The maximum absolute atomic E-state index is 13.7. The third-order valence-electron chi connectivity index (χ3n) is 4.79. The van der Waals surface area contributed by atoms with Gasteiger partial charge in [0.25, 0.3) is 0 Å². The SMILES string of the molecule is O=C(CN1CCCN(C(=O)Nc2ccc(SC(F)(F)F)cc2)CC1)Nc1ccc(F)cc1F. The summed E-state index contributed by atoms with van der Waals surface area (Å²) >= 11 is -0.233. The van der Waals surface area contributed by atoms with Gasteiger partial charge in [0.2, 0.25) is 5.91 Å². The Morgan fingerprint density at radius 1 is 0.939 bits per heavy atom. The first-order chi connectivity index (χ1) is 15.6. The molecule has 3 rings (SSSR count). The quantitative estimate of drug-likeness (QED) is 0.471. The number of nitrogens with one attached hydrogen (secondary N) is 2. The average Bonchev–Trinajstić information content (AvgIpc) is 2.96. The van der Waals surface area contributed by atoms with E-state index < -0.39 is 29.1 Å². The minimum atomic E-state index is -4.38. The minimum absolute atomic E-state index is 0.0182. The third kappa shape index (κ3) is 7.90. The number of amides is 3. The number of urea groups is 1. The molecule has 1 saturated heterocycles. The highest BCUT2D eigenvalue weighted by Crippen LogP contribution is 2.37. The van der Waals surface area contributed by atoms with E-state index in [1.54, 1.807) is 4.90 Å². The highest BCUT2D eigenvalue weighted by Gasteiger charge is 2.29. The lowest BCUT2D eigenvalue weighted by Crippen LogP contribution is -2.39. The van der Waals surface area contributed by atoms with Crippen molar-refractivity contribution in [3.8, 4) is 0 Å². The van der Waals surface area contributed by atoms with Crippen molar-refractivity contribution in [3.63, 3.8) is 0 Å². The minimum Gasteiger partial charge on any atom is -0.323 e. The highest BCUT2D eigenvalue weighted by atomic mass is 32.2. The number of thioether (sulfide) groups is 1. The van der Waals surface area contributed by atoms with Crippen molar-refractivity contribution >= 4 is 35.1 Å². The van der Waals surface area contributed by atoms with Gasteiger partial charge < -0.3 is 15.5 Å². The number of alkyl halides is 3. The summed E-state index contributed by atoms with van der Waals surface area (Å²) in [5.41, 5.74) is -4.13. The number of nitrogens with zero attached hydrogens (tertiary/aromatic N) is 2. The number of benzene rings is 2. The van der Waals surface area contributed by atoms with E-state index in [1.807, 2.05) is 4.90 Å². The molecule has 3 amide bonds. The summed E-state index contributed by atoms with van der Waals surface area (Å²) in [6.45, 7) is 1.66. The largest absolute Gasteiger partial charge is 0.446 e. The first-order valence-electron chi connectivity index (χ1n) is 9.98. The van der Waals surface area contributed by atoms with Crippen LogP contribution < -0.4 is 10.6 Å². The number of hydrogen-bond donors (Lipinski definition) is 2. The van der Waals surface area contributed by atoms with Gasteiger partial charge in [-0.15, -0.1) is 0 Å². The zero-order valence-corrected chi connectivity index (χ0v) is 18.1. The Kier molecular flexibility index (Phi) is 8.14. The standard InChI is InChI=1S/C21H21F5N4O2S/c22-14-2-7-18(17(23)12-14)28-19(31)13-29-8-1-9-30(11-10-29)20(32)27-15-3-5-16(6-4-15)33-21(24,25)26/h2-7,12H,1,8-11,13H2,(H,27,32)(H,28,31). The molecule has 0 radical (unpaired) electrons. The van der Waals surface area contributed by atoms with Gasteiger partial charge in [0.1, 0.15) is 11.6 Å². The zero-order chi connectivity index (χ0) is 24.0. The molecule has 12 heteroatoms. The van der Waals surface area contributed by atoms with Gasteiger partial charge in [-0.3, -0.25) is 9.69 Å². The Labute approximate surface area is 191 Å². The molecule has 2 N–H and O–H groups in total. The van der Waals surface area contributed by atoms with Crippen LogP contribution in [0.4, 0.5) is 38.1 Å². The van der Waals surface area contributed by atoms with Crippen molar-refractivity contribution in [3.05, 3.63) is 54.1 Å². The molecule has 33 heavy (non-hydrogen) atoms. The second-order valence-electron chi connectivity index (χ2n) is 7.29. The Balaban J connectivity index is 1.48. The molecule has 1 aliphatic heterocycles. The Hall–Kier alpha value is -2.86. The van der Waals surface area contributed by atoms with Gasteiger partial charge in [0.05, 0.1) is 12.2 Å². The lowest BCUT2D eigenvalue weighted by Gasteiger charge is -2.22. The summed E-state index contributed by atoms with van der Waals surface area (Å²) in [6.07, 6.45) is 0.590. The first kappa shape index (κ1) is 24.8. The van der Waals surface area contributed by atoms with Gasteiger partial charge in [-0.2, -0.15) is 13.2 Å². The van der Waals surface area contributed by atoms with Crippen LogP contribution in [0.3, 0.4) is 0 Å². The molecule has 0 atom stereocenters. The van der Waals surface area contributed by atoms with E-state index in [4.69, 9.17) is 0 Å². The Morgan fingerprint density at radius 3 is 2.33 bits per heavy atom. The van der Waals surface area contributed by atoms with E-state index >= 15 is 0 Å². The molecule has 0 spiro atoms. The van der Waals surface area contributed by atoms with Gasteiger partial charge >= 0.3 is 11.5 Å². The predicted molar refractivity (Wildman–Crippen MR) is 115 cm³/mol. The van der Waals surface area contributed by atoms with E-state index in [-0.39, 0.29) is 28.9 Å². The van der Waals surface area contributed by atoms with Crippen LogP contribution in [0, 0.1) is 11.6 Å². The molecule has 2 aromatic carbocycles. The third-order valence-corrected chi connectivity index (χ3v) is 5.53. The van der Waals surface area contributed by atoms with Gasteiger partial charge in [0, 0.05) is 42.8 Å². The number of rotatable bonds is 5. The van der Waals surface area contributed by atoms with Crippen LogP contribution in [0.2, 0.25) is 0 Å². The summed E-state index contributed by atoms with van der Waals surface area (Å²) < 4.78 is 63.9. The monoisotopic (exact) mass is 488 g/mol. The number of carbonyl (C=O) groups is 2. The fourth-order valence-electron chi connectivity index (χ4n) is 3.26. The first-order valence-corrected chi connectivity index (χ1v) is 10.8. The highest BCUT2D eigenvalue weighted by molar-refractivity contribution is 8.00. The summed E-state index contributed by atoms with van der Waals surface area (Å²) in [5, 5.41) is 5.06. The van der Waals surface area contributed by atoms with Crippen LogP contribution in [0.1, 0.15) is 6.42 Å². The topological polar surface area (TPSA) is 64.7 Å². The number of hydrogen-bond acceptors (Lipinski definition) is 4. The molecule has 0 aliphatic carbocycles. The Bertz CT molecular complexity index is 988. The normalized spacial score (nSPS) is 15.1. The van der Waals surface area contributed by atoms with E-state index in [9.17, 15) is 31.5 Å². The molecular formula is C21H21F5N4O2S. The fraction of sp³-hybridized carbons (Fsp3) is 0.333. The van der Waals surface area contributed by atoms with Crippen LogP contribution in [0.15, 0.2) is 47.4 Å². The van der Waals surface area contributed by atoms with Crippen LogP contribution in [0.25, 0.3) is 0 Å². The van der Waals surface area contributed by atoms with Crippen molar-refractivity contribution in [1.82, 2.24) is 9.80 Å². The number of anilines is 2. The number of carbonyl (C=O) groups excluding carboxylic acids is 2. The Morgan fingerprint density at radius 2 is 1.67 bits per heavy atom. The second-order valence-corrected chi connectivity index (χ2v) is 8.43. The van der Waals surface area contributed by atoms with Gasteiger partial charge in [-0.1, -0.05) is 0 Å². The predicted octanol–water partition coefficient (Wildman–Crippen LogP) is 4.76. The van der Waals surface area contributed by atoms with Gasteiger partial charge in [0.15, 0.2) is 0 Å². The lowest BCUT2D eigenvalue weighted by atomic mass is 10.3. The lowest BCUT2D eigenvalue weighted by molar-refractivity contribution is -0.117. The molecule has 6 nitrogen and oxygen atoms in total. The van der Waals surface area contributed by atoms with Crippen LogP contribution in [-0.2, 0) is 4.79 Å². The van der Waals surface area contributed by atoms with Crippen molar-refractivity contribution < 1.29 is 31.5 Å². The summed E-state index contributed by atoms with van der Waals surface area (Å²) in [6, 6.07) is 7.83. The summed E-state index contributed by atoms with van der Waals surface area (Å²) in [5.74, 6) is -2.07. The van der Waals surface area contributed by atoms with E-state index in [2.05, 4.69) is 10.6 Å². The molecule has 1 fully saturated rings. The fourth-order valence-corrected chi connectivity index (χ4v) is 3.80. The molecule has 2 aromatic rings. The second kappa shape index (κ2) is 10.8. The average molecular weight is 488 g/mol. The van der Waals surface area contributed by atoms with E-state index in [0.29, 0.717) is 44.4 Å². The van der Waals surface area contributed by atoms with Crippen LogP contribution in [0.5, 0.6) is 0 Å². The molecular weight excluding hydrogens is 467 g/mol. The van der Waals surface area contributed by atoms with Gasteiger partial charge in [-0.05, 0) is 54.6 Å². The van der Waals surface area contributed by atoms with E-state index in [0.717, 1.165) is 12.1 Å². The van der Waals surface area contributed by atoms with Crippen molar-refractivity contribution in [2.45, 2.75) is 16.8 Å². The van der Waals surface area contributed by atoms with E-state index in [1.165, 1.54) is 24.3 Å². The summed E-state index contributed by atoms with van der Waals surface area (Å²) in [4.78, 5) is 28.1. The maximum Gasteiger partial charge on any atom is 0.446 e. The molecule has 178 valence electrons. The molecule has 1 heterocycles. The van der Waals surface area contributed by atoms with Crippen molar-refractivity contribution in [1.29, 1.82) is 0 Å².